The van der Waals surface area contributed by atoms with Crippen molar-refractivity contribution in [3.63, 3.8) is 0 Å². The molecule has 0 unspecified atom stereocenters. The Balaban J connectivity index is 2.23. The molecule has 0 saturated carbocycles. The van der Waals surface area contributed by atoms with Gasteiger partial charge in [-0.2, -0.15) is 0 Å². The number of para-hydroxylation sites is 2. The maximum atomic E-state index is 13.1. The fraction of sp³-hybridized carbons (Fsp3) is 0.400. The number of unbranched alkanes of at least 4 members (excludes halogenated alkanes) is 1. The van der Waals surface area contributed by atoms with E-state index in [2.05, 4.69) is 10.6 Å². The molecular formula is C25H33N3O3. The number of carbonyl (C=O) groups excluding carboxylic acids is 3. The van der Waals surface area contributed by atoms with E-state index in [4.69, 9.17) is 0 Å². The number of amides is 3. The highest BCUT2D eigenvalue weighted by atomic mass is 16.2. The van der Waals surface area contributed by atoms with Crippen LogP contribution in [0.1, 0.15) is 48.4 Å². The fourth-order valence-corrected chi connectivity index (χ4v) is 3.55. The number of hydrogen-bond donors (Lipinski definition) is 2. The molecule has 2 N–H and O–H groups in total. The second-order valence-corrected chi connectivity index (χ2v) is 7.92. The van der Waals surface area contributed by atoms with Gasteiger partial charge in [0.2, 0.25) is 17.7 Å². The van der Waals surface area contributed by atoms with E-state index in [0.29, 0.717) is 12.1 Å². The van der Waals surface area contributed by atoms with Crippen molar-refractivity contribution in [2.75, 3.05) is 23.3 Å². The van der Waals surface area contributed by atoms with Gasteiger partial charge in [-0.3, -0.25) is 14.4 Å². The summed E-state index contributed by atoms with van der Waals surface area (Å²) in [5.41, 5.74) is 5.17. The minimum atomic E-state index is -0.320. The highest BCUT2D eigenvalue weighted by Gasteiger charge is 2.23. The summed E-state index contributed by atoms with van der Waals surface area (Å²) in [5.74, 6) is -0.763. The second kappa shape index (κ2) is 11.3. The molecule has 166 valence electrons. The molecule has 0 aliphatic carbocycles. The summed E-state index contributed by atoms with van der Waals surface area (Å²) < 4.78 is 0. The Morgan fingerprint density at radius 1 is 0.839 bits per heavy atom. The van der Waals surface area contributed by atoms with Crippen LogP contribution in [0.4, 0.5) is 11.4 Å². The first kappa shape index (κ1) is 24.1. The van der Waals surface area contributed by atoms with E-state index in [1.54, 1.807) is 0 Å². The summed E-state index contributed by atoms with van der Waals surface area (Å²) in [6.07, 6.45) is 2.08. The first-order valence-electron chi connectivity index (χ1n) is 10.7. The third-order valence-corrected chi connectivity index (χ3v) is 5.25. The van der Waals surface area contributed by atoms with Gasteiger partial charge in [0.25, 0.3) is 0 Å². The lowest BCUT2D eigenvalue weighted by Gasteiger charge is -2.26. The number of rotatable bonds is 9. The molecule has 2 rings (SSSR count). The highest BCUT2D eigenvalue weighted by Crippen LogP contribution is 2.25. The van der Waals surface area contributed by atoms with Crippen LogP contribution < -0.4 is 15.5 Å². The zero-order valence-electron chi connectivity index (χ0n) is 19.2. The summed E-state index contributed by atoms with van der Waals surface area (Å²) in [6.45, 7) is 9.41. The van der Waals surface area contributed by atoms with Gasteiger partial charge in [-0.05, 0) is 56.4 Å². The Kier molecular flexibility index (Phi) is 8.79. The van der Waals surface area contributed by atoms with Crippen LogP contribution in [0.5, 0.6) is 0 Å². The van der Waals surface area contributed by atoms with Gasteiger partial charge in [-0.1, -0.05) is 49.7 Å². The number of aryl methyl sites for hydroxylation is 4. The second-order valence-electron chi connectivity index (χ2n) is 7.92. The number of benzene rings is 2. The first-order valence-corrected chi connectivity index (χ1v) is 10.7. The molecular weight excluding hydrogens is 390 g/mol. The van der Waals surface area contributed by atoms with Gasteiger partial charge in [-0.25, -0.2) is 0 Å². The SMILES string of the molecule is CCCCC(=O)NCC(=O)N(CC(=O)Nc1c(C)cccc1C)c1c(C)cccc1C. The van der Waals surface area contributed by atoms with Gasteiger partial charge in [0, 0.05) is 12.1 Å². The minimum absolute atomic E-state index is 0.136. The molecule has 0 bridgehead atoms. The van der Waals surface area contributed by atoms with Crippen LogP contribution in [-0.2, 0) is 14.4 Å². The molecule has 0 spiro atoms. The summed E-state index contributed by atoms with van der Waals surface area (Å²) in [6, 6.07) is 11.5. The quantitative estimate of drug-likeness (QED) is 0.634. The van der Waals surface area contributed by atoms with Crippen molar-refractivity contribution in [2.24, 2.45) is 0 Å². The lowest BCUT2D eigenvalue weighted by Crippen LogP contribution is -2.44. The van der Waals surface area contributed by atoms with Crippen LogP contribution in [-0.4, -0.2) is 30.8 Å². The van der Waals surface area contributed by atoms with Crippen LogP contribution in [0, 0.1) is 27.7 Å². The van der Waals surface area contributed by atoms with Crippen LogP contribution in [0.2, 0.25) is 0 Å². The van der Waals surface area contributed by atoms with Crippen molar-refractivity contribution in [1.82, 2.24) is 5.32 Å². The third-order valence-electron chi connectivity index (χ3n) is 5.25. The molecule has 0 aliphatic rings. The molecule has 0 heterocycles. The smallest absolute Gasteiger partial charge is 0.246 e. The Labute approximate surface area is 185 Å². The van der Waals surface area contributed by atoms with Gasteiger partial charge < -0.3 is 15.5 Å². The van der Waals surface area contributed by atoms with Gasteiger partial charge in [-0.15, -0.1) is 0 Å². The number of carbonyl (C=O) groups is 3. The summed E-state index contributed by atoms with van der Waals surface area (Å²) >= 11 is 0. The molecule has 31 heavy (non-hydrogen) atoms. The number of nitrogens with zero attached hydrogens (tertiary/aromatic N) is 1. The molecule has 2 aromatic rings. The molecule has 2 aromatic carbocycles. The summed E-state index contributed by atoms with van der Waals surface area (Å²) in [7, 11) is 0. The Bertz CT molecular complexity index is 913. The van der Waals surface area contributed by atoms with E-state index < -0.39 is 0 Å². The van der Waals surface area contributed by atoms with Crippen molar-refractivity contribution in [3.8, 4) is 0 Å². The van der Waals surface area contributed by atoms with Gasteiger partial charge in [0.15, 0.2) is 0 Å². The fourth-order valence-electron chi connectivity index (χ4n) is 3.55. The van der Waals surface area contributed by atoms with E-state index in [9.17, 15) is 14.4 Å². The Morgan fingerprint density at radius 3 is 1.94 bits per heavy atom. The molecule has 0 radical (unpaired) electrons. The third kappa shape index (κ3) is 6.67. The Hall–Kier alpha value is -3.15. The van der Waals surface area contributed by atoms with Crippen molar-refractivity contribution in [1.29, 1.82) is 0 Å². The maximum absolute atomic E-state index is 13.1. The van der Waals surface area contributed by atoms with Crippen molar-refractivity contribution < 1.29 is 14.4 Å². The largest absolute Gasteiger partial charge is 0.347 e. The van der Waals surface area contributed by atoms with Gasteiger partial charge in [0.05, 0.1) is 12.2 Å². The predicted molar refractivity (Wildman–Crippen MR) is 125 cm³/mol. The molecule has 6 nitrogen and oxygen atoms in total. The first-order chi connectivity index (χ1) is 14.7. The van der Waals surface area contributed by atoms with Gasteiger partial charge >= 0.3 is 0 Å². The van der Waals surface area contributed by atoms with Crippen molar-refractivity contribution >= 4 is 29.1 Å². The van der Waals surface area contributed by atoms with Crippen LogP contribution in [0.15, 0.2) is 36.4 Å². The standard InChI is InChI=1S/C25H33N3O3/c1-6-7-14-21(29)26-15-23(31)28(25-19(4)12-9-13-20(25)5)16-22(30)27-24-17(2)10-8-11-18(24)3/h8-13H,6-7,14-16H2,1-5H3,(H,26,29)(H,27,30). The normalized spacial score (nSPS) is 10.5. The van der Waals surface area contributed by atoms with Crippen LogP contribution >= 0.6 is 0 Å². The van der Waals surface area contributed by atoms with E-state index in [1.807, 2.05) is 71.0 Å². The van der Waals surface area contributed by atoms with Crippen molar-refractivity contribution in [3.05, 3.63) is 58.7 Å². The maximum Gasteiger partial charge on any atom is 0.246 e. The average molecular weight is 424 g/mol. The molecule has 0 atom stereocenters. The highest BCUT2D eigenvalue weighted by molar-refractivity contribution is 6.05. The Morgan fingerprint density at radius 2 is 1.39 bits per heavy atom. The number of anilines is 2. The lowest BCUT2D eigenvalue weighted by molar-refractivity contribution is -0.125. The van der Waals surface area contributed by atoms with E-state index >= 15 is 0 Å². The lowest BCUT2D eigenvalue weighted by atomic mass is 10.1. The number of hydrogen-bond acceptors (Lipinski definition) is 3. The monoisotopic (exact) mass is 423 g/mol. The summed E-state index contributed by atoms with van der Waals surface area (Å²) in [4.78, 5) is 39.4. The molecule has 0 aromatic heterocycles. The zero-order chi connectivity index (χ0) is 23.0. The molecule has 0 saturated heterocycles. The zero-order valence-corrected chi connectivity index (χ0v) is 19.2. The molecule has 0 fully saturated rings. The van der Waals surface area contributed by atoms with Crippen LogP contribution in [0.25, 0.3) is 0 Å². The molecule has 3 amide bonds. The molecule has 6 heteroatoms. The van der Waals surface area contributed by atoms with Gasteiger partial charge in [0.1, 0.15) is 6.54 Å². The van der Waals surface area contributed by atoms with Crippen molar-refractivity contribution in [2.45, 2.75) is 53.9 Å². The van der Waals surface area contributed by atoms with E-state index in [0.717, 1.165) is 40.8 Å². The average Bonchev–Trinajstić information content (AvgIpc) is 2.72. The van der Waals surface area contributed by atoms with E-state index in [1.165, 1.54) is 4.90 Å². The number of nitrogens with one attached hydrogen (secondary N) is 2. The minimum Gasteiger partial charge on any atom is -0.347 e. The van der Waals surface area contributed by atoms with Crippen LogP contribution in [0.3, 0.4) is 0 Å². The summed E-state index contributed by atoms with van der Waals surface area (Å²) in [5, 5.41) is 5.63. The topological polar surface area (TPSA) is 78.5 Å². The molecule has 0 aliphatic heterocycles. The van der Waals surface area contributed by atoms with E-state index in [-0.39, 0.29) is 30.8 Å². The predicted octanol–water partition coefficient (Wildman–Crippen LogP) is 4.20.